The van der Waals surface area contributed by atoms with Crippen molar-refractivity contribution in [2.45, 2.75) is 0 Å². The largest absolute Gasteiger partial charge is 0.481 e. The number of aromatic nitrogens is 1. The van der Waals surface area contributed by atoms with Gasteiger partial charge in [0, 0.05) is 12.1 Å². The molecule has 0 radical (unpaired) electrons. The van der Waals surface area contributed by atoms with E-state index in [0.29, 0.717) is 6.07 Å². The summed E-state index contributed by atoms with van der Waals surface area (Å²) >= 11 is 0. The van der Waals surface area contributed by atoms with E-state index < -0.39 is 11.8 Å². The molecule has 0 aromatic carbocycles. The van der Waals surface area contributed by atoms with E-state index >= 15 is 0 Å². The quantitative estimate of drug-likeness (QED) is 0.557. The van der Waals surface area contributed by atoms with E-state index in [1.807, 2.05) is 0 Å². The Morgan fingerprint density at radius 1 is 1.40 bits per heavy atom. The van der Waals surface area contributed by atoms with Crippen molar-refractivity contribution in [3.05, 3.63) is 23.9 Å². The van der Waals surface area contributed by atoms with E-state index in [-0.39, 0.29) is 5.88 Å². The first-order valence-corrected chi connectivity index (χ1v) is 2.59. The Kier molecular flexibility index (Phi) is 1.80. The first-order valence-electron chi connectivity index (χ1n) is 2.59. The fourth-order valence-corrected chi connectivity index (χ4v) is 0.548. The summed E-state index contributed by atoms with van der Waals surface area (Å²) in [6.45, 7) is 0. The molecule has 4 heteroatoms. The van der Waals surface area contributed by atoms with Gasteiger partial charge in [-0.15, -0.1) is 0 Å². The third-order valence-corrected chi connectivity index (χ3v) is 0.944. The second-order valence-corrected chi connectivity index (χ2v) is 1.65. The molecule has 0 aliphatic rings. The molecule has 1 aromatic heterocycles. The molecule has 0 atom stereocenters. The molecule has 1 rings (SSSR count). The number of ether oxygens (including phenoxy) is 1. The minimum absolute atomic E-state index is 0.0579. The molecule has 0 bridgehead atoms. The summed E-state index contributed by atoms with van der Waals surface area (Å²) in [6, 6.07) is 1.69. The lowest BCUT2D eigenvalue weighted by molar-refractivity contribution is 0.382. The van der Waals surface area contributed by atoms with Crippen molar-refractivity contribution in [1.29, 1.82) is 0 Å². The minimum Gasteiger partial charge on any atom is -0.481 e. The van der Waals surface area contributed by atoms with Crippen LogP contribution in [0.1, 0.15) is 0 Å². The van der Waals surface area contributed by atoms with Gasteiger partial charge in [0.05, 0.1) is 7.11 Å². The minimum atomic E-state index is -0.878. The van der Waals surface area contributed by atoms with Crippen molar-refractivity contribution < 1.29 is 13.5 Å². The third-order valence-electron chi connectivity index (χ3n) is 0.944. The van der Waals surface area contributed by atoms with Crippen molar-refractivity contribution in [3.8, 4) is 5.88 Å². The Hall–Kier alpha value is -1.19. The molecule has 2 nitrogen and oxygen atoms in total. The molecular formula is C6H5F2NO. The molecule has 10 heavy (non-hydrogen) atoms. The van der Waals surface area contributed by atoms with Crippen LogP contribution in [0.25, 0.3) is 0 Å². The van der Waals surface area contributed by atoms with Crippen LogP contribution in [0.2, 0.25) is 0 Å². The molecule has 0 saturated carbocycles. The number of halogens is 2. The van der Waals surface area contributed by atoms with E-state index in [1.165, 1.54) is 7.11 Å². The van der Waals surface area contributed by atoms with Gasteiger partial charge >= 0.3 is 0 Å². The van der Waals surface area contributed by atoms with Gasteiger partial charge in [-0.1, -0.05) is 0 Å². The van der Waals surface area contributed by atoms with Crippen LogP contribution in [-0.4, -0.2) is 12.1 Å². The summed E-state index contributed by atoms with van der Waals surface area (Å²) in [4.78, 5) is 3.22. The maximum Gasteiger partial charge on any atom is 0.219 e. The zero-order chi connectivity index (χ0) is 7.56. The van der Waals surface area contributed by atoms with Gasteiger partial charge in [-0.25, -0.2) is 4.39 Å². The van der Waals surface area contributed by atoms with Crippen molar-refractivity contribution in [2.24, 2.45) is 0 Å². The van der Waals surface area contributed by atoms with E-state index in [9.17, 15) is 8.78 Å². The first-order chi connectivity index (χ1) is 4.72. The summed E-state index contributed by atoms with van der Waals surface area (Å²) in [7, 11) is 1.29. The zero-order valence-electron chi connectivity index (χ0n) is 5.27. The molecule has 0 spiro atoms. The number of rotatable bonds is 1. The van der Waals surface area contributed by atoms with Crippen molar-refractivity contribution >= 4 is 0 Å². The molecule has 54 valence electrons. The standard InChI is InChI=1S/C6H5F2NO/c1-10-6-3-4(7)2-5(8)9-6/h2-3H,1H3. The van der Waals surface area contributed by atoms with Crippen LogP contribution in [0.3, 0.4) is 0 Å². The second-order valence-electron chi connectivity index (χ2n) is 1.65. The Balaban J connectivity index is 3.06. The van der Waals surface area contributed by atoms with Gasteiger partial charge in [0.2, 0.25) is 11.8 Å². The topological polar surface area (TPSA) is 22.1 Å². The SMILES string of the molecule is COc1cc(F)cc(F)n1. The van der Waals surface area contributed by atoms with Gasteiger partial charge in [-0.2, -0.15) is 9.37 Å². The van der Waals surface area contributed by atoms with E-state index in [4.69, 9.17) is 0 Å². The van der Waals surface area contributed by atoms with Crippen LogP contribution < -0.4 is 4.74 Å². The number of methoxy groups -OCH3 is 1. The third kappa shape index (κ3) is 1.40. The Labute approximate surface area is 56.5 Å². The number of hydrogen-bond donors (Lipinski definition) is 0. The molecule has 1 aromatic rings. The zero-order valence-corrected chi connectivity index (χ0v) is 5.27. The molecule has 0 aliphatic heterocycles. The normalized spacial score (nSPS) is 9.50. The second kappa shape index (κ2) is 2.60. The number of pyridine rings is 1. The van der Waals surface area contributed by atoms with Crippen LogP contribution in [-0.2, 0) is 0 Å². The van der Waals surface area contributed by atoms with Gasteiger partial charge in [0.1, 0.15) is 5.82 Å². The Bertz CT molecular complexity index is 219. The molecule has 0 aliphatic carbocycles. The highest BCUT2D eigenvalue weighted by Gasteiger charge is 1.99. The highest BCUT2D eigenvalue weighted by Crippen LogP contribution is 2.08. The number of nitrogens with zero attached hydrogens (tertiary/aromatic N) is 1. The van der Waals surface area contributed by atoms with Gasteiger partial charge in [-0.3, -0.25) is 0 Å². The van der Waals surface area contributed by atoms with Crippen LogP contribution in [0, 0.1) is 11.8 Å². The maximum atomic E-state index is 12.3. The highest BCUT2D eigenvalue weighted by molar-refractivity contribution is 5.11. The lowest BCUT2D eigenvalue weighted by Crippen LogP contribution is -1.91. The predicted octanol–water partition coefficient (Wildman–Crippen LogP) is 1.37. The summed E-state index contributed by atoms with van der Waals surface area (Å²) < 4.78 is 28.9. The Morgan fingerprint density at radius 2 is 2.10 bits per heavy atom. The maximum absolute atomic E-state index is 12.3. The molecule has 0 fully saturated rings. The summed E-state index contributed by atoms with van der Waals surface area (Å²) in [5.74, 6) is -1.63. The van der Waals surface area contributed by atoms with Gasteiger partial charge < -0.3 is 4.74 Å². The highest BCUT2D eigenvalue weighted by atomic mass is 19.1. The van der Waals surface area contributed by atoms with Crippen molar-refractivity contribution in [1.82, 2.24) is 4.98 Å². The fourth-order valence-electron chi connectivity index (χ4n) is 0.548. The molecule has 1 heterocycles. The van der Waals surface area contributed by atoms with Gasteiger partial charge in [0.25, 0.3) is 0 Å². The summed E-state index contributed by atoms with van der Waals surface area (Å²) in [5.41, 5.74) is 0. The lowest BCUT2D eigenvalue weighted by Gasteiger charge is -1.96. The predicted molar refractivity (Wildman–Crippen MR) is 30.7 cm³/mol. The van der Waals surface area contributed by atoms with E-state index in [1.54, 1.807) is 0 Å². The number of hydrogen-bond acceptors (Lipinski definition) is 2. The molecule has 0 saturated heterocycles. The van der Waals surface area contributed by atoms with Crippen LogP contribution >= 0.6 is 0 Å². The van der Waals surface area contributed by atoms with Crippen LogP contribution in [0.4, 0.5) is 8.78 Å². The van der Waals surface area contributed by atoms with E-state index in [0.717, 1.165) is 6.07 Å². The lowest BCUT2D eigenvalue weighted by atomic mass is 10.4. The molecule has 0 unspecified atom stereocenters. The van der Waals surface area contributed by atoms with E-state index in [2.05, 4.69) is 9.72 Å². The molecule has 0 amide bonds. The average Bonchev–Trinajstić information content (AvgIpc) is 1.85. The van der Waals surface area contributed by atoms with Crippen molar-refractivity contribution in [3.63, 3.8) is 0 Å². The fraction of sp³-hybridized carbons (Fsp3) is 0.167. The van der Waals surface area contributed by atoms with Gasteiger partial charge in [0.15, 0.2) is 0 Å². The summed E-state index contributed by atoms with van der Waals surface area (Å²) in [6.07, 6.45) is 0. The smallest absolute Gasteiger partial charge is 0.219 e. The van der Waals surface area contributed by atoms with Gasteiger partial charge in [-0.05, 0) is 0 Å². The Morgan fingerprint density at radius 3 is 2.60 bits per heavy atom. The average molecular weight is 145 g/mol. The molecular weight excluding hydrogens is 140 g/mol. The van der Waals surface area contributed by atoms with Crippen LogP contribution in [0.15, 0.2) is 12.1 Å². The van der Waals surface area contributed by atoms with Crippen molar-refractivity contribution in [2.75, 3.05) is 7.11 Å². The monoisotopic (exact) mass is 145 g/mol. The van der Waals surface area contributed by atoms with Crippen LogP contribution in [0.5, 0.6) is 5.88 Å². The summed E-state index contributed by atoms with van der Waals surface area (Å²) in [5, 5.41) is 0. The molecule has 0 N–H and O–H groups in total. The first kappa shape index (κ1) is 6.92.